The van der Waals surface area contributed by atoms with Crippen molar-refractivity contribution in [3.05, 3.63) is 64.2 Å². The van der Waals surface area contributed by atoms with Crippen molar-refractivity contribution in [3.8, 4) is 11.5 Å². The molecule has 0 fully saturated rings. The zero-order chi connectivity index (χ0) is 14.5. The Balaban J connectivity index is 1.65. The standard InChI is InChI=1S/C16H14N2O2S/c1-12-15(11-19-17-10-14-8-5-9-21-14)18-16(20-12)13-6-3-2-4-7-13/h2-10H,11H2,1H3/b17-10+. The molecule has 5 heteroatoms. The van der Waals surface area contributed by atoms with Crippen LogP contribution in [0.5, 0.6) is 0 Å². The zero-order valence-corrected chi connectivity index (χ0v) is 12.3. The van der Waals surface area contributed by atoms with Crippen molar-refractivity contribution in [2.24, 2.45) is 5.16 Å². The number of aryl methyl sites for hydroxylation is 1. The molecule has 0 aliphatic rings. The third kappa shape index (κ3) is 3.38. The molecule has 0 aliphatic carbocycles. The summed E-state index contributed by atoms with van der Waals surface area (Å²) in [4.78, 5) is 10.8. The summed E-state index contributed by atoms with van der Waals surface area (Å²) in [5, 5.41) is 5.93. The lowest BCUT2D eigenvalue weighted by Crippen LogP contribution is -1.90. The SMILES string of the molecule is Cc1oc(-c2ccccc2)nc1CO/N=C/c1cccs1. The Morgan fingerprint density at radius 3 is 2.86 bits per heavy atom. The van der Waals surface area contributed by atoms with Gasteiger partial charge in [0.1, 0.15) is 11.5 Å². The molecule has 2 heterocycles. The summed E-state index contributed by atoms with van der Waals surface area (Å²) in [6.45, 7) is 2.17. The molecule has 21 heavy (non-hydrogen) atoms. The van der Waals surface area contributed by atoms with Gasteiger partial charge in [0.2, 0.25) is 5.89 Å². The van der Waals surface area contributed by atoms with Gasteiger partial charge in [0.25, 0.3) is 0 Å². The first kappa shape index (κ1) is 13.6. The number of thiophene rings is 1. The Morgan fingerprint density at radius 2 is 2.10 bits per heavy atom. The lowest BCUT2D eigenvalue weighted by molar-refractivity contribution is 0.128. The van der Waals surface area contributed by atoms with Crippen LogP contribution in [-0.4, -0.2) is 11.2 Å². The first-order valence-electron chi connectivity index (χ1n) is 6.53. The monoisotopic (exact) mass is 298 g/mol. The maximum atomic E-state index is 5.66. The fourth-order valence-corrected chi connectivity index (χ4v) is 2.39. The Kier molecular flexibility index (Phi) is 4.12. The molecule has 3 rings (SSSR count). The summed E-state index contributed by atoms with van der Waals surface area (Å²) in [5.41, 5.74) is 1.71. The van der Waals surface area contributed by atoms with Gasteiger partial charge in [0.05, 0.1) is 6.21 Å². The number of oxazole rings is 1. The molecule has 0 N–H and O–H groups in total. The molecule has 2 aromatic heterocycles. The Bertz CT molecular complexity index is 718. The van der Waals surface area contributed by atoms with Crippen LogP contribution in [0.4, 0.5) is 0 Å². The lowest BCUT2D eigenvalue weighted by Gasteiger charge is -1.95. The zero-order valence-electron chi connectivity index (χ0n) is 11.5. The van der Waals surface area contributed by atoms with Crippen LogP contribution in [-0.2, 0) is 11.4 Å². The van der Waals surface area contributed by atoms with E-state index in [9.17, 15) is 0 Å². The number of rotatable bonds is 5. The Labute approximate surface area is 126 Å². The maximum Gasteiger partial charge on any atom is 0.226 e. The van der Waals surface area contributed by atoms with Crippen molar-refractivity contribution < 1.29 is 9.25 Å². The fourth-order valence-electron chi connectivity index (χ4n) is 1.82. The predicted molar refractivity (Wildman–Crippen MR) is 83.4 cm³/mol. The van der Waals surface area contributed by atoms with Crippen LogP contribution in [0.1, 0.15) is 16.3 Å². The second-order valence-corrected chi connectivity index (χ2v) is 5.39. The van der Waals surface area contributed by atoms with Gasteiger partial charge in [-0.15, -0.1) is 11.3 Å². The van der Waals surface area contributed by atoms with E-state index in [1.54, 1.807) is 17.6 Å². The van der Waals surface area contributed by atoms with Gasteiger partial charge in [-0.1, -0.05) is 29.4 Å². The summed E-state index contributed by atoms with van der Waals surface area (Å²) in [5.74, 6) is 1.36. The van der Waals surface area contributed by atoms with Gasteiger partial charge in [0, 0.05) is 10.4 Å². The average molecular weight is 298 g/mol. The van der Waals surface area contributed by atoms with E-state index >= 15 is 0 Å². The predicted octanol–water partition coefficient (Wildman–Crippen LogP) is 4.26. The van der Waals surface area contributed by atoms with Gasteiger partial charge in [-0.3, -0.25) is 0 Å². The maximum absolute atomic E-state index is 5.66. The molecule has 0 saturated carbocycles. The van der Waals surface area contributed by atoms with E-state index in [-0.39, 0.29) is 0 Å². The first-order chi connectivity index (χ1) is 10.3. The third-order valence-corrected chi connectivity index (χ3v) is 3.72. The quantitative estimate of drug-likeness (QED) is 0.522. The number of hydrogen-bond acceptors (Lipinski definition) is 5. The Hall–Kier alpha value is -2.40. The van der Waals surface area contributed by atoms with Crippen molar-refractivity contribution >= 4 is 17.6 Å². The molecular weight excluding hydrogens is 284 g/mol. The van der Waals surface area contributed by atoms with E-state index in [2.05, 4.69) is 10.1 Å². The summed E-state index contributed by atoms with van der Waals surface area (Å²) in [6.07, 6.45) is 1.69. The Morgan fingerprint density at radius 1 is 1.24 bits per heavy atom. The van der Waals surface area contributed by atoms with Crippen LogP contribution < -0.4 is 0 Å². The molecule has 0 aliphatic heterocycles. The van der Waals surface area contributed by atoms with Crippen LogP contribution in [0.3, 0.4) is 0 Å². The number of oxime groups is 1. The second kappa shape index (κ2) is 6.37. The number of aromatic nitrogens is 1. The van der Waals surface area contributed by atoms with Gasteiger partial charge >= 0.3 is 0 Å². The van der Waals surface area contributed by atoms with Crippen molar-refractivity contribution in [1.29, 1.82) is 0 Å². The van der Waals surface area contributed by atoms with E-state index in [1.165, 1.54) is 0 Å². The highest BCUT2D eigenvalue weighted by molar-refractivity contribution is 7.11. The van der Waals surface area contributed by atoms with Crippen molar-refractivity contribution in [1.82, 2.24) is 4.98 Å². The van der Waals surface area contributed by atoms with Gasteiger partial charge in [-0.25, -0.2) is 4.98 Å². The second-order valence-electron chi connectivity index (χ2n) is 4.41. The van der Waals surface area contributed by atoms with Crippen molar-refractivity contribution in [2.75, 3.05) is 0 Å². The van der Waals surface area contributed by atoms with Crippen LogP contribution in [0.15, 0.2) is 57.4 Å². The molecule has 4 nitrogen and oxygen atoms in total. The summed E-state index contributed by atoms with van der Waals surface area (Å²) in [6, 6.07) is 13.7. The average Bonchev–Trinajstić information content (AvgIpc) is 3.15. The molecule has 0 saturated heterocycles. The molecule has 3 aromatic rings. The molecule has 0 spiro atoms. The summed E-state index contributed by atoms with van der Waals surface area (Å²) >= 11 is 1.61. The number of nitrogens with zero attached hydrogens (tertiary/aromatic N) is 2. The van der Waals surface area contributed by atoms with E-state index in [4.69, 9.17) is 9.25 Å². The van der Waals surface area contributed by atoms with Crippen LogP contribution in [0.2, 0.25) is 0 Å². The smallest absolute Gasteiger partial charge is 0.226 e. The molecular formula is C16H14N2O2S. The van der Waals surface area contributed by atoms with Gasteiger partial charge in [0.15, 0.2) is 6.61 Å². The van der Waals surface area contributed by atoms with Crippen LogP contribution >= 0.6 is 11.3 Å². The first-order valence-corrected chi connectivity index (χ1v) is 7.41. The fraction of sp³-hybridized carbons (Fsp3) is 0.125. The van der Waals surface area contributed by atoms with E-state index < -0.39 is 0 Å². The largest absolute Gasteiger partial charge is 0.441 e. The van der Waals surface area contributed by atoms with E-state index in [0.29, 0.717) is 12.5 Å². The third-order valence-electron chi connectivity index (χ3n) is 2.91. The minimum absolute atomic E-state index is 0.296. The van der Waals surface area contributed by atoms with Crippen molar-refractivity contribution in [2.45, 2.75) is 13.5 Å². The van der Waals surface area contributed by atoms with E-state index in [1.807, 2.05) is 54.8 Å². The summed E-state index contributed by atoms with van der Waals surface area (Å²) in [7, 11) is 0. The molecule has 0 atom stereocenters. The molecule has 106 valence electrons. The minimum atomic E-state index is 0.296. The van der Waals surface area contributed by atoms with Gasteiger partial charge in [-0.05, 0) is 30.5 Å². The highest BCUT2D eigenvalue weighted by atomic mass is 32.1. The lowest BCUT2D eigenvalue weighted by atomic mass is 10.2. The minimum Gasteiger partial charge on any atom is -0.441 e. The number of hydrogen-bond donors (Lipinski definition) is 0. The van der Waals surface area contributed by atoms with Crippen LogP contribution in [0, 0.1) is 6.92 Å². The highest BCUT2D eigenvalue weighted by Gasteiger charge is 2.11. The van der Waals surface area contributed by atoms with Gasteiger partial charge in [-0.2, -0.15) is 0 Å². The molecule has 1 aromatic carbocycles. The number of benzene rings is 1. The molecule has 0 radical (unpaired) electrons. The molecule has 0 unspecified atom stereocenters. The topological polar surface area (TPSA) is 47.6 Å². The summed E-state index contributed by atoms with van der Waals surface area (Å²) < 4.78 is 5.66. The van der Waals surface area contributed by atoms with Gasteiger partial charge < -0.3 is 9.25 Å². The van der Waals surface area contributed by atoms with E-state index in [0.717, 1.165) is 21.9 Å². The van der Waals surface area contributed by atoms with Crippen LogP contribution in [0.25, 0.3) is 11.5 Å². The molecule has 0 bridgehead atoms. The molecule has 0 amide bonds. The van der Waals surface area contributed by atoms with Crippen molar-refractivity contribution in [3.63, 3.8) is 0 Å². The normalized spacial score (nSPS) is 11.1. The highest BCUT2D eigenvalue weighted by Crippen LogP contribution is 2.21.